The molecule has 0 aliphatic heterocycles. The van der Waals surface area contributed by atoms with Gasteiger partial charge in [-0.2, -0.15) is 13.2 Å². The summed E-state index contributed by atoms with van der Waals surface area (Å²) in [6.07, 6.45) is -4.52. The molecule has 16 heavy (non-hydrogen) atoms. The molecule has 0 aliphatic rings. The van der Waals surface area contributed by atoms with Gasteiger partial charge < -0.3 is 16.2 Å². The number of rotatable bonds is 4. The third kappa shape index (κ3) is 3.64. The molecule has 0 fully saturated rings. The van der Waals surface area contributed by atoms with Crippen LogP contribution in [-0.2, 0) is 4.79 Å². The van der Waals surface area contributed by atoms with Crippen molar-refractivity contribution in [1.29, 1.82) is 0 Å². The summed E-state index contributed by atoms with van der Waals surface area (Å²) in [5, 5.41) is 11.5. The molecule has 2 unspecified atom stereocenters. The zero-order valence-electron chi connectivity index (χ0n) is 9.48. The highest BCUT2D eigenvalue weighted by atomic mass is 19.4. The molecule has 4 nitrogen and oxygen atoms in total. The SMILES string of the molecule is CCC(C)(O)CNC(=O)C(C)(N)C(F)(F)F. The van der Waals surface area contributed by atoms with Gasteiger partial charge >= 0.3 is 6.18 Å². The first-order chi connectivity index (χ1) is 6.94. The van der Waals surface area contributed by atoms with Crippen LogP contribution in [-0.4, -0.2) is 34.9 Å². The fourth-order valence-electron chi connectivity index (χ4n) is 0.708. The summed E-state index contributed by atoms with van der Waals surface area (Å²) in [4.78, 5) is 11.2. The van der Waals surface area contributed by atoms with E-state index in [1.165, 1.54) is 6.92 Å². The first-order valence-electron chi connectivity index (χ1n) is 4.80. The van der Waals surface area contributed by atoms with E-state index in [-0.39, 0.29) is 6.54 Å². The van der Waals surface area contributed by atoms with E-state index in [9.17, 15) is 23.1 Å². The number of carbonyl (C=O) groups excluding carboxylic acids is 1. The summed E-state index contributed by atoms with van der Waals surface area (Å²) in [6.45, 7) is 3.38. The molecule has 0 saturated heterocycles. The molecule has 0 radical (unpaired) electrons. The van der Waals surface area contributed by atoms with Crippen LogP contribution in [0.2, 0.25) is 0 Å². The minimum atomic E-state index is -4.82. The van der Waals surface area contributed by atoms with E-state index in [0.717, 1.165) is 0 Å². The minimum absolute atomic E-state index is 0.273. The highest BCUT2D eigenvalue weighted by molar-refractivity contribution is 5.86. The highest BCUT2D eigenvalue weighted by Gasteiger charge is 2.54. The van der Waals surface area contributed by atoms with Crippen LogP contribution in [0.3, 0.4) is 0 Å². The van der Waals surface area contributed by atoms with E-state index < -0.39 is 23.2 Å². The van der Waals surface area contributed by atoms with Crippen molar-refractivity contribution in [2.24, 2.45) is 5.73 Å². The summed E-state index contributed by atoms with van der Waals surface area (Å²) >= 11 is 0. The van der Waals surface area contributed by atoms with E-state index >= 15 is 0 Å². The molecule has 2 atom stereocenters. The van der Waals surface area contributed by atoms with Gasteiger partial charge in [-0.25, -0.2) is 0 Å². The Morgan fingerprint density at radius 1 is 1.38 bits per heavy atom. The van der Waals surface area contributed by atoms with E-state index in [1.54, 1.807) is 6.92 Å². The molecule has 0 spiro atoms. The Morgan fingerprint density at radius 2 is 1.81 bits per heavy atom. The summed E-state index contributed by atoms with van der Waals surface area (Å²) in [6, 6.07) is 0. The maximum absolute atomic E-state index is 12.3. The average molecular weight is 242 g/mol. The van der Waals surface area contributed by atoms with Crippen molar-refractivity contribution in [3.8, 4) is 0 Å². The largest absolute Gasteiger partial charge is 0.415 e. The number of hydrogen-bond donors (Lipinski definition) is 3. The summed E-state index contributed by atoms with van der Waals surface area (Å²) in [5.41, 5.74) is 0.703. The van der Waals surface area contributed by atoms with Crippen LogP contribution < -0.4 is 11.1 Å². The van der Waals surface area contributed by atoms with Gasteiger partial charge in [-0.05, 0) is 20.3 Å². The van der Waals surface area contributed by atoms with Gasteiger partial charge in [0.15, 0.2) is 5.54 Å². The first-order valence-corrected chi connectivity index (χ1v) is 4.80. The summed E-state index contributed by atoms with van der Waals surface area (Å²) < 4.78 is 37.0. The third-order valence-electron chi connectivity index (χ3n) is 2.45. The monoisotopic (exact) mass is 242 g/mol. The van der Waals surface area contributed by atoms with Crippen molar-refractivity contribution in [2.45, 2.75) is 44.5 Å². The van der Waals surface area contributed by atoms with Crippen molar-refractivity contribution in [3.63, 3.8) is 0 Å². The molecule has 0 aromatic heterocycles. The number of hydrogen-bond acceptors (Lipinski definition) is 3. The van der Waals surface area contributed by atoms with Crippen LogP contribution in [0.5, 0.6) is 0 Å². The van der Waals surface area contributed by atoms with Crippen molar-refractivity contribution in [1.82, 2.24) is 5.32 Å². The van der Waals surface area contributed by atoms with Crippen molar-refractivity contribution in [2.75, 3.05) is 6.54 Å². The number of alkyl halides is 3. The second-order valence-electron chi connectivity index (χ2n) is 4.23. The molecule has 96 valence electrons. The van der Waals surface area contributed by atoms with Gasteiger partial charge in [0, 0.05) is 6.54 Å². The normalized spacial score (nSPS) is 19.8. The van der Waals surface area contributed by atoms with Crippen LogP contribution in [0.15, 0.2) is 0 Å². The molecular weight excluding hydrogens is 225 g/mol. The zero-order valence-corrected chi connectivity index (χ0v) is 9.48. The van der Waals surface area contributed by atoms with Crippen molar-refractivity contribution < 1.29 is 23.1 Å². The standard InChI is InChI=1S/C9H17F3N2O2/c1-4-7(2,16)5-14-6(15)8(3,13)9(10,11)12/h16H,4-5,13H2,1-3H3,(H,14,15). The number of nitrogens with two attached hydrogens (primary N) is 1. The second kappa shape index (κ2) is 4.58. The maximum Gasteiger partial charge on any atom is 0.415 e. The number of amides is 1. The fourth-order valence-corrected chi connectivity index (χ4v) is 0.708. The Hall–Kier alpha value is -0.820. The van der Waals surface area contributed by atoms with Gasteiger partial charge in [0.05, 0.1) is 5.60 Å². The quantitative estimate of drug-likeness (QED) is 0.673. The summed E-state index contributed by atoms with van der Waals surface area (Å²) in [5.74, 6) is -1.35. The van der Waals surface area contributed by atoms with E-state index in [1.807, 2.05) is 5.32 Å². The summed E-state index contributed by atoms with van der Waals surface area (Å²) in [7, 11) is 0. The van der Waals surface area contributed by atoms with Crippen LogP contribution in [0.25, 0.3) is 0 Å². The van der Waals surface area contributed by atoms with E-state index in [2.05, 4.69) is 0 Å². The van der Waals surface area contributed by atoms with Gasteiger partial charge in [-0.15, -0.1) is 0 Å². The van der Waals surface area contributed by atoms with E-state index in [0.29, 0.717) is 13.3 Å². The van der Waals surface area contributed by atoms with Crippen molar-refractivity contribution in [3.05, 3.63) is 0 Å². The Balaban J connectivity index is 4.50. The van der Waals surface area contributed by atoms with Gasteiger partial charge in [0.25, 0.3) is 0 Å². The van der Waals surface area contributed by atoms with Gasteiger partial charge in [0.2, 0.25) is 5.91 Å². The molecule has 0 aromatic carbocycles. The lowest BCUT2D eigenvalue weighted by Gasteiger charge is -2.28. The Morgan fingerprint density at radius 3 is 2.12 bits per heavy atom. The fraction of sp³-hybridized carbons (Fsp3) is 0.889. The smallest absolute Gasteiger partial charge is 0.388 e. The zero-order chi connectivity index (χ0) is 13.2. The molecule has 0 rings (SSSR count). The topological polar surface area (TPSA) is 75.3 Å². The maximum atomic E-state index is 12.3. The second-order valence-corrected chi connectivity index (χ2v) is 4.23. The minimum Gasteiger partial charge on any atom is -0.388 e. The lowest BCUT2D eigenvalue weighted by molar-refractivity contribution is -0.187. The van der Waals surface area contributed by atoms with Gasteiger partial charge in [-0.3, -0.25) is 4.79 Å². The molecule has 4 N–H and O–H groups in total. The number of halogens is 3. The first kappa shape index (κ1) is 15.2. The molecule has 0 saturated carbocycles. The highest BCUT2D eigenvalue weighted by Crippen LogP contribution is 2.28. The van der Waals surface area contributed by atoms with Gasteiger partial charge in [-0.1, -0.05) is 6.92 Å². The van der Waals surface area contributed by atoms with Crippen LogP contribution >= 0.6 is 0 Å². The van der Waals surface area contributed by atoms with E-state index in [4.69, 9.17) is 5.73 Å². The number of aliphatic hydroxyl groups is 1. The Kier molecular flexibility index (Phi) is 4.35. The Bertz CT molecular complexity index is 262. The lowest BCUT2D eigenvalue weighted by Crippen LogP contribution is -2.62. The third-order valence-corrected chi connectivity index (χ3v) is 2.45. The predicted molar refractivity (Wildman–Crippen MR) is 52.6 cm³/mol. The molecule has 7 heteroatoms. The van der Waals surface area contributed by atoms with Gasteiger partial charge in [0.1, 0.15) is 0 Å². The lowest BCUT2D eigenvalue weighted by atomic mass is 10.00. The molecule has 0 aliphatic carbocycles. The molecular formula is C9H17F3N2O2. The molecule has 0 aromatic rings. The van der Waals surface area contributed by atoms with Crippen molar-refractivity contribution >= 4 is 5.91 Å². The van der Waals surface area contributed by atoms with Crippen LogP contribution in [0.4, 0.5) is 13.2 Å². The Labute approximate surface area is 92.0 Å². The number of carbonyl (C=O) groups is 1. The van der Waals surface area contributed by atoms with Crippen LogP contribution in [0, 0.1) is 0 Å². The van der Waals surface area contributed by atoms with Crippen LogP contribution in [0.1, 0.15) is 27.2 Å². The molecule has 0 bridgehead atoms. The molecule has 1 amide bonds. The number of nitrogens with one attached hydrogen (secondary N) is 1. The predicted octanol–water partition coefficient (Wildman–Crippen LogP) is 0.543. The molecule has 0 heterocycles. The average Bonchev–Trinajstić information content (AvgIpc) is 2.12.